The fourth-order valence-corrected chi connectivity index (χ4v) is 3.31. The Labute approximate surface area is 160 Å². The van der Waals surface area contributed by atoms with Crippen molar-refractivity contribution in [3.05, 3.63) is 48.0 Å². The lowest BCUT2D eigenvalue weighted by molar-refractivity contribution is 0.102. The Hall–Kier alpha value is -3.00. The molecule has 0 spiro atoms. The van der Waals surface area contributed by atoms with Gasteiger partial charge in [0.25, 0.3) is 0 Å². The maximum absolute atomic E-state index is 12.5. The number of nitrogens with zero attached hydrogens (tertiary/aromatic N) is 2. The Morgan fingerprint density at radius 2 is 1.93 bits per heavy atom. The summed E-state index contributed by atoms with van der Waals surface area (Å²) >= 11 is 1.28. The minimum Gasteiger partial charge on any atom is -0.497 e. The largest absolute Gasteiger partial charge is 0.497 e. The normalized spacial score (nSPS) is 12.6. The molecule has 0 saturated carbocycles. The summed E-state index contributed by atoms with van der Waals surface area (Å²) in [6, 6.07) is 12.7. The Kier molecular flexibility index (Phi) is 4.97. The maximum Gasteiger partial charge on any atom is 0.209 e. The van der Waals surface area contributed by atoms with Crippen molar-refractivity contribution in [2.45, 2.75) is 5.16 Å². The number of nitrogens with one attached hydrogen (secondary N) is 1. The lowest BCUT2D eigenvalue weighted by Crippen LogP contribution is -2.16. The van der Waals surface area contributed by atoms with Crippen LogP contribution in [0.4, 0.5) is 0 Å². The molecule has 3 aromatic rings. The fraction of sp³-hybridized carbons (Fsp3) is 0.211. The number of aromatic nitrogens is 3. The zero-order valence-corrected chi connectivity index (χ0v) is 15.4. The summed E-state index contributed by atoms with van der Waals surface area (Å²) < 4.78 is 16.1. The van der Waals surface area contributed by atoms with E-state index in [2.05, 4.69) is 15.2 Å². The van der Waals surface area contributed by atoms with E-state index in [4.69, 9.17) is 14.2 Å². The standard InChI is InChI=1S/C19H17N3O4S/c1-24-14-5-2-12(3-6-14)18-20-19(22-21-18)27-11-15(23)13-4-7-16-17(10-13)26-9-8-25-16/h2-7,10H,8-9,11H2,1H3,(H,20,21,22). The van der Waals surface area contributed by atoms with Crippen molar-refractivity contribution >= 4 is 17.5 Å². The van der Waals surface area contributed by atoms with Crippen LogP contribution in [0, 0.1) is 0 Å². The van der Waals surface area contributed by atoms with E-state index in [-0.39, 0.29) is 11.5 Å². The molecule has 2 aromatic carbocycles. The van der Waals surface area contributed by atoms with E-state index in [0.29, 0.717) is 41.3 Å². The zero-order valence-electron chi connectivity index (χ0n) is 14.6. The number of rotatable bonds is 6. The van der Waals surface area contributed by atoms with E-state index in [1.807, 2.05) is 24.3 Å². The van der Waals surface area contributed by atoms with Crippen molar-refractivity contribution < 1.29 is 19.0 Å². The first-order valence-electron chi connectivity index (χ1n) is 8.35. The molecule has 1 aliphatic rings. The summed E-state index contributed by atoms with van der Waals surface area (Å²) in [5.74, 6) is 2.91. The second kappa shape index (κ2) is 7.71. The molecule has 4 rings (SSSR count). The molecule has 0 bridgehead atoms. The van der Waals surface area contributed by atoms with Crippen LogP contribution in [-0.2, 0) is 0 Å². The molecule has 0 aliphatic carbocycles. The molecule has 1 N–H and O–H groups in total. The third-order valence-electron chi connectivity index (χ3n) is 4.02. The number of carbonyl (C=O) groups is 1. The zero-order chi connectivity index (χ0) is 18.6. The topological polar surface area (TPSA) is 86.3 Å². The quantitative estimate of drug-likeness (QED) is 0.516. The maximum atomic E-state index is 12.5. The van der Waals surface area contributed by atoms with Gasteiger partial charge in [0.1, 0.15) is 19.0 Å². The van der Waals surface area contributed by atoms with E-state index in [0.717, 1.165) is 11.3 Å². The first kappa shape index (κ1) is 17.4. The van der Waals surface area contributed by atoms with E-state index < -0.39 is 0 Å². The summed E-state index contributed by atoms with van der Waals surface area (Å²) in [6.07, 6.45) is 0. The molecule has 1 aromatic heterocycles. The molecule has 0 radical (unpaired) electrons. The van der Waals surface area contributed by atoms with Gasteiger partial charge in [0.2, 0.25) is 5.16 Å². The first-order chi connectivity index (χ1) is 13.2. The number of carbonyl (C=O) groups excluding carboxylic acids is 1. The molecule has 2 heterocycles. The lowest BCUT2D eigenvalue weighted by atomic mass is 10.1. The van der Waals surface area contributed by atoms with E-state index in [9.17, 15) is 4.79 Å². The summed E-state index contributed by atoms with van der Waals surface area (Å²) in [5, 5.41) is 7.58. The minimum atomic E-state index is -0.0206. The molecule has 8 heteroatoms. The van der Waals surface area contributed by atoms with Crippen LogP contribution in [0.2, 0.25) is 0 Å². The van der Waals surface area contributed by atoms with E-state index in [1.54, 1.807) is 25.3 Å². The Bertz CT molecular complexity index is 956. The van der Waals surface area contributed by atoms with Gasteiger partial charge < -0.3 is 14.2 Å². The van der Waals surface area contributed by atoms with Gasteiger partial charge in [-0.15, -0.1) is 5.10 Å². The minimum absolute atomic E-state index is 0.0206. The van der Waals surface area contributed by atoms with Crippen molar-refractivity contribution in [2.24, 2.45) is 0 Å². The number of H-pyrrole nitrogens is 1. The number of hydrogen-bond donors (Lipinski definition) is 1. The van der Waals surface area contributed by atoms with Crippen LogP contribution in [-0.4, -0.2) is 47.0 Å². The Balaban J connectivity index is 1.40. The first-order valence-corrected chi connectivity index (χ1v) is 9.34. The van der Waals surface area contributed by atoms with E-state index >= 15 is 0 Å². The third-order valence-corrected chi connectivity index (χ3v) is 4.87. The Morgan fingerprint density at radius 1 is 1.15 bits per heavy atom. The predicted molar refractivity (Wildman–Crippen MR) is 101 cm³/mol. The van der Waals surface area contributed by atoms with Crippen molar-refractivity contribution in [3.8, 4) is 28.6 Å². The Morgan fingerprint density at radius 3 is 2.70 bits per heavy atom. The molecule has 0 saturated heterocycles. The van der Waals surface area contributed by atoms with Crippen molar-refractivity contribution in [2.75, 3.05) is 26.1 Å². The molecule has 0 amide bonds. The average molecular weight is 383 g/mol. The van der Waals surface area contributed by atoms with Gasteiger partial charge in [-0.1, -0.05) is 11.8 Å². The SMILES string of the molecule is COc1ccc(-c2nc(SCC(=O)c3ccc4c(c3)OCCO4)n[nH]2)cc1. The number of ketones is 1. The summed E-state index contributed by atoms with van der Waals surface area (Å²) in [5.41, 5.74) is 1.48. The second-order valence-corrected chi connectivity index (χ2v) is 6.71. The van der Waals surface area contributed by atoms with Gasteiger partial charge in [0.15, 0.2) is 23.1 Å². The third kappa shape index (κ3) is 3.90. The van der Waals surface area contributed by atoms with Crippen molar-refractivity contribution in [1.82, 2.24) is 15.2 Å². The van der Waals surface area contributed by atoms with Crippen LogP contribution < -0.4 is 14.2 Å². The van der Waals surface area contributed by atoms with Gasteiger partial charge in [-0.05, 0) is 42.5 Å². The number of benzene rings is 2. The lowest BCUT2D eigenvalue weighted by Gasteiger charge is -2.18. The number of fused-ring (bicyclic) bond motifs is 1. The smallest absolute Gasteiger partial charge is 0.209 e. The number of ether oxygens (including phenoxy) is 3. The number of methoxy groups -OCH3 is 1. The van der Waals surface area contributed by atoms with Crippen LogP contribution in [0.5, 0.6) is 17.2 Å². The molecule has 7 nitrogen and oxygen atoms in total. The van der Waals surface area contributed by atoms with Gasteiger partial charge in [-0.25, -0.2) is 4.98 Å². The highest BCUT2D eigenvalue weighted by molar-refractivity contribution is 7.99. The molecule has 0 unspecified atom stereocenters. The van der Waals surface area contributed by atoms with Crippen LogP contribution >= 0.6 is 11.8 Å². The molecule has 138 valence electrons. The van der Waals surface area contributed by atoms with Crippen molar-refractivity contribution in [1.29, 1.82) is 0 Å². The van der Waals surface area contributed by atoms with Crippen LogP contribution in [0.3, 0.4) is 0 Å². The monoisotopic (exact) mass is 383 g/mol. The van der Waals surface area contributed by atoms with Gasteiger partial charge in [-0.3, -0.25) is 9.89 Å². The van der Waals surface area contributed by atoms with Crippen molar-refractivity contribution in [3.63, 3.8) is 0 Å². The van der Waals surface area contributed by atoms with Gasteiger partial charge in [0.05, 0.1) is 12.9 Å². The number of hydrogen-bond acceptors (Lipinski definition) is 7. The summed E-state index contributed by atoms with van der Waals surface area (Å²) in [4.78, 5) is 16.9. The molecular formula is C19H17N3O4S. The van der Waals surface area contributed by atoms with Gasteiger partial charge >= 0.3 is 0 Å². The van der Waals surface area contributed by atoms with Crippen LogP contribution in [0.25, 0.3) is 11.4 Å². The van der Waals surface area contributed by atoms with Gasteiger partial charge in [-0.2, -0.15) is 0 Å². The van der Waals surface area contributed by atoms with Crippen LogP contribution in [0.1, 0.15) is 10.4 Å². The summed E-state index contributed by atoms with van der Waals surface area (Å²) in [7, 11) is 1.62. The molecular weight excluding hydrogens is 366 g/mol. The highest BCUT2D eigenvalue weighted by Crippen LogP contribution is 2.31. The fourth-order valence-electron chi connectivity index (χ4n) is 2.62. The second-order valence-electron chi connectivity index (χ2n) is 5.77. The number of aromatic amines is 1. The molecule has 0 fully saturated rings. The number of Topliss-reactive ketones (excluding diaryl/α,β-unsaturated/α-hetero) is 1. The number of thioether (sulfide) groups is 1. The molecule has 0 atom stereocenters. The predicted octanol–water partition coefficient (Wildman–Crippen LogP) is 3.23. The van der Waals surface area contributed by atoms with E-state index in [1.165, 1.54) is 11.8 Å². The molecule has 27 heavy (non-hydrogen) atoms. The highest BCUT2D eigenvalue weighted by Gasteiger charge is 2.16. The van der Waals surface area contributed by atoms with Crippen LogP contribution in [0.15, 0.2) is 47.6 Å². The summed E-state index contributed by atoms with van der Waals surface area (Å²) in [6.45, 7) is 1.02. The average Bonchev–Trinajstić information content (AvgIpc) is 3.21. The highest BCUT2D eigenvalue weighted by atomic mass is 32.2. The van der Waals surface area contributed by atoms with Gasteiger partial charge in [0, 0.05) is 11.1 Å². The molecule has 1 aliphatic heterocycles.